The zero-order valence-electron chi connectivity index (χ0n) is 17.1. The fraction of sp³-hybridized carbons (Fsp3) is 0.857. The van der Waals surface area contributed by atoms with Gasteiger partial charge >= 0.3 is 6.03 Å². The number of rotatable bonds is 5. The summed E-state index contributed by atoms with van der Waals surface area (Å²) >= 11 is 0. The maximum Gasteiger partial charge on any atom is 0.326 e. The molecule has 2 N–H and O–H groups in total. The van der Waals surface area contributed by atoms with Gasteiger partial charge in [0.05, 0.1) is 0 Å². The molecule has 0 spiro atoms. The number of amides is 4. The Morgan fingerprint density at radius 2 is 1.67 bits per heavy atom. The fourth-order valence-corrected chi connectivity index (χ4v) is 4.88. The van der Waals surface area contributed by atoms with Crippen LogP contribution in [-0.4, -0.2) is 47.3 Å². The van der Waals surface area contributed by atoms with Crippen LogP contribution in [0.2, 0.25) is 0 Å². The first kappa shape index (κ1) is 20.2. The predicted molar refractivity (Wildman–Crippen MR) is 104 cm³/mol. The fourth-order valence-electron chi connectivity index (χ4n) is 4.88. The van der Waals surface area contributed by atoms with Crippen molar-refractivity contribution in [1.29, 1.82) is 0 Å². The predicted octanol–water partition coefficient (Wildman–Crippen LogP) is 3.00. The van der Waals surface area contributed by atoms with Crippen molar-refractivity contribution >= 4 is 17.8 Å². The molecule has 27 heavy (non-hydrogen) atoms. The Morgan fingerprint density at radius 1 is 1.04 bits per heavy atom. The molecule has 0 bridgehead atoms. The van der Waals surface area contributed by atoms with E-state index in [1.165, 1.54) is 17.7 Å². The third kappa shape index (κ3) is 4.64. The lowest BCUT2D eigenvalue weighted by molar-refractivity contribution is -0.132. The van der Waals surface area contributed by atoms with Gasteiger partial charge in [0.2, 0.25) is 11.8 Å². The van der Waals surface area contributed by atoms with Gasteiger partial charge in [0, 0.05) is 32.0 Å². The maximum absolute atomic E-state index is 12.9. The molecule has 6 nitrogen and oxygen atoms in total. The normalized spacial score (nSPS) is 32.4. The van der Waals surface area contributed by atoms with Crippen molar-refractivity contribution in [1.82, 2.24) is 9.80 Å². The van der Waals surface area contributed by atoms with Crippen molar-refractivity contribution < 1.29 is 14.4 Å². The Morgan fingerprint density at radius 3 is 2.22 bits per heavy atom. The highest BCUT2D eigenvalue weighted by atomic mass is 16.2. The van der Waals surface area contributed by atoms with E-state index in [4.69, 9.17) is 5.73 Å². The summed E-state index contributed by atoms with van der Waals surface area (Å²) in [7, 11) is 0. The van der Waals surface area contributed by atoms with Gasteiger partial charge in [0.15, 0.2) is 0 Å². The highest BCUT2D eigenvalue weighted by molar-refractivity contribution is 5.96. The third-order valence-electron chi connectivity index (χ3n) is 7.03. The average Bonchev–Trinajstić information content (AvgIpc) is 2.55. The number of nitrogens with two attached hydrogens (primary N) is 1. The average molecular weight is 378 g/mol. The van der Waals surface area contributed by atoms with Crippen LogP contribution >= 0.6 is 0 Å². The Labute approximate surface area is 162 Å². The summed E-state index contributed by atoms with van der Waals surface area (Å²) in [5.74, 6) is 1.29. The summed E-state index contributed by atoms with van der Waals surface area (Å²) in [4.78, 5) is 39.9. The minimum absolute atomic E-state index is 0.0418. The molecule has 0 aromatic heterocycles. The molecule has 3 aliphatic rings. The van der Waals surface area contributed by atoms with Gasteiger partial charge in [0.1, 0.15) is 0 Å². The molecule has 3 fully saturated rings. The quantitative estimate of drug-likeness (QED) is 0.799. The third-order valence-corrected chi connectivity index (χ3v) is 7.03. The van der Waals surface area contributed by atoms with E-state index < -0.39 is 0 Å². The van der Waals surface area contributed by atoms with Crippen LogP contribution in [0.4, 0.5) is 4.79 Å². The van der Waals surface area contributed by atoms with E-state index in [9.17, 15) is 14.4 Å². The van der Waals surface area contributed by atoms with Crippen LogP contribution in [0.1, 0.15) is 65.7 Å². The van der Waals surface area contributed by atoms with E-state index in [0.29, 0.717) is 36.8 Å². The summed E-state index contributed by atoms with van der Waals surface area (Å²) in [5.41, 5.74) is 5.74. The zero-order chi connectivity index (χ0) is 19.8. The first-order valence-corrected chi connectivity index (χ1v) is 10.5. The summed E-state index contributed by atoms with van der Waals surface area (Å²) < 4.78 is 0. The molecule has 0 aromatic carbocycles. The molecular formula is C21H35N3O3. The lowest BCUT2D eigenvalue weighted by Gasteiger charge is -2.46. The van der Waals surface area contributed by atoms with Crippen LogP contribution in [0.25, 0.3) is 0 Å². The molecule has 1 aliphatic heterocycles. The molecule has 2 saturated carbocycles. The van der Waals surface area contributed by atoms with Crippen molar-refractivity contribution in [3.8, 4) is 0 Å². The van der Waals surface area contributed by atoms with Crippen LogP contribution in [-0.2, 0) is 9.59 Å². The standard InChI is InChI=1S/C21H35N3O3/c1-21(2,3)17-10-15(11-17)12-23-9-8-18(25)24(20(23)27)13-14-4-6-16(7-5-14)19(22)26/h14-17H,4-13H2,1-3H3,(H2,22,26). The second-order valence-corrected chi connectivity index (χ2v) is 10.0. The van der Waals surface area contributed by atoms with Crippen LogP contribution in [0, 0.1) is 29.1 Å². The molecule has 6 heteroatoms. The van der Waals surface area contributed by atoms with Crippen molar-refractivity contribution in [2.24, 2.45) is 34.8 Å². The van der Waals surface area contributed by atoms with Gasteiger partial charge in [-0.15, -0.1) is 0 Å². The molecule has 3 rings (SSSR count). The molecule has 152 valence electrons. The lowest BCUT2D eigenvalue weighted by atomic mass is 9.63. The monoisotopic (exact) mass is 377 g/mol. The van der Waals surface area contributed by atoms with Crippen molar-refractivity contribution in [3.05, 3.63) is 0 Å². The van der Waals surface area contributed by atoms with Gasteiger partial charge in [-0.05, 0) is 61.7 Å². The summed E-state index contributed by atoms with van der Waals surface area (Å²) in [5, 5.41) is 0. The zero-order valence-corrected chi connectivity index (χ0v) is 17.1. The van der Waals surface area contributed by atoms with Crippen LogP contribution in [0.3, 0.4) is 0 Å². The largest absolute Gasteiger partial charge is 0.369 e. The molecular weight excluding hydrogens is 342 g/mol. The van der Waals surface area contributed by atoms with Crippen molar-refractivity contribution in [2.75, 3.05) is 19.6 Å². The van der Waals surface area contributed by atoms with Crippen molar-refractivity contribution in [2.45, 2.75) is 65.7 Å². The van der Waals surface area contributed by atoms with Gasteiger partial charge in [0.25, 0.3) is 0 Å². The van der Waals surface area contributed by atoms with E-state index >= 15 is 0 Å². The molecule has 0 atom stereocenters. The van der Waals surface area contributed by atoms with Crippen molar-refractivity contribution in [3.63, 3.8) is 0 Å². The highest BCUT2D eigenvalue weighted by Crippen LogP contribution is 2.45. The van der Waals surface area contributed by atoms with Gasteiger partial charge in [-0.25, -0.2) is 4.79 Å². The number of hydrogen-bond donors (Lipinski definition) is 1. The van der Waals surface area contributed by atoms with Gasteiger partial charge in [-0.1, -0.05) is 20.8 Å². The molecule has 0 aromatic rings. The van der Waals surface area contributed by atoms with E-state index in [1.807, 2.05) is 4.90 Å². The Kier molecular flexibility index (Phi) is 5.82. The van der Waals surface area contributed by atoms with E-state index in [1.54, 1.807) is 0 Å². The Hall–Kier alpha value is -1.59. The second kappa shape index (κ2) is 7.80. The molecule has 1 heterocycles. The highest BCUT2D eigenvalue weighted by Gasteiger charge is 2.41. The topological polar surface area (TPSA) is 83.7 Å². The second-order valence-electron chi connectivity index (χ2n) is 10.0. The number of imide groups is 1. The summed E-state index contributed by atoms with van der Waals surface area (Å²) in [6, 6.07) is -0.109. The number of primary amides is 1. The van der Waals surface area contributed by atoms with E-state index in [0.717, 1.165) is 38.1 Å². The van der Waals surface area contributed by atoms with Crippen LogP contribution < -0.4 is 5.73 Å². The minimum Gasteiger partial charge on any atom is -0.369 e. The number of carbonyl (C=O) groups is 3. The van der Waals surface area contributed by atoms with Gasteiger partial charge in [-0.3, -0.25) is 14.5 Å². The van der Waals surface area contributed by atoms with Gasteiger partial charge < -0.3 is 10.6 Å². The first-order valence-electron chi connectivity index (χ1n) is 10.5. The number of carbonyl (C=O) groups excluding carboxylic acids is 3. The number of nitrogens with zero attached hydrogens (tertiary/aromatic N) is 2. The summed E-state index contributed by atoms with van der Waals surface area (Å²) in [6.07, 6.45) is 6.06. The number of urea groups is 1. The molecule has 1 saturated heterocycles. The Bertz CT molecular complexity index is 584. The number of hydrogen-bond acceptors (Lipinski definition) is 3. The van der Waals surface area contributed by atoms with Gasteiger partial charge in [-0.2, -0.15) is 0 Å². The smallest absolute Gasteiger partial charge is 0.326 e. The van der Waals surface area contributed by atoms with E-state index in [2.05, 4.69) is 20.8 Å². The minimum atomic E-state index is -0.223. The molecule has 4 amide bonds. The molecule has 2 aliphatic carbocycles. The lowest BCUT2D eigenvalue weighted by Crippen LogP contribution is -2.55. The first-order chi connectivity index (χ1) is 12.6. The van der Waals surface area contributed by atoms with E-state index in [-0.39, 0.29) is 23.8 Å². The summed E-state index contributed by atoms with van der Waals surface area (Å²) in [6.45, 7) is 8.69. The maximum atomic E-state index is 12.9. The SMILES string of the molecule is CC(C)(C)C1CC(CN2CCC(=O)N(CC3CCC(C(N)=O)CC3)C2=O)C1. The van der Waals surface area contributed by atoms with Crippen LogP contribution in [0.5, 0.6) is 0 Å². The Balaban J connectivity index is 1.50. The van der Waals surface area contributed by atoms with Crippen LogP contribution in [0.15, 0.2) is 0 Å². The molecule has 0 unspecified atom stereocenters. The molecule has 0 radical (unpaired) electrons.